The number of sulfonamides is 1. The van der Waals surface area contributed by atoms with E-state index in [9.17, 15) is 26.4 Å². The van der Waals surface area contributed by atoms with Gasteiger partial charge in [-0.05, 0) is 37.6 Å². The van der Waals surface area contributed by atoms with Crippen molar-refractivity contribution in [3.8, 4) is 0 Å². The van der Waals surface area contributed by atoms with Crippen LogP contribution in [0.2, 0.25) is 0 Å². The minimum Gasteiger partial charge on any atom is -0.452 e. The average Bonchev–Trinajstić information content (AvgIpc) is 2.92. The van der Waals surface area contributed by atoms with E-state index in [4.69, 9.17) is 9.88 Å². The molecule has 0 saturated carbocycles. The normalized spacial score (nSPS) is 19.1. The molecule has 2 N–H and O–H groups in total. The predicted octanol–water partition coefficient (Wildman–Crippen LogP) is -0.474. The van der Waals surface area contributed by atoms with Gasteiger partial charge in [0.05, 0.1) is 22.0 Å². The molecular formula is C15H20N2O7S2. The molecule has 1 aromatic rings. The molecule has 1 unspecified atom stereocenters. The van der Waals surface area contributed by atoms with Gasteiger partial charge in [0, 0.05) is 12.6 Å². The fourth-order valence-electron chi connectivity index (χ4n) is 2.73. The summed E-state index contributed by atoms with van der Waals surface area (Å²) in [7, 11) is -7.00. The number of primary sulfonamides is 1. The molecule has 0 radical (unpaired) electrons. The molecule has 1 aliphatic rings. The second kappa shape index (κ2) is 7.72. The summed E-state index contributed by atoms with van der Waals surface area (Å²) in [4.78, 5) is 25.5. The van der Waals surface area contributed by atoms with E-state index in [1.165, 1.54) is 17.0 Å². The molecule has 0 aromatic heterocycles. The predicted molar refractivity (Wildman–Crippen MR) is 92.5 cm³/mol. The molecule has 1 fully saturated rings. The molecule has 1 heterocycles. The van der Waals surface area contributed by atoms with Crippen LogP contribution < -0.4 is 5.14 Å². The van der Waals surface area contributed by atoms with Gasteiger partial charge >= 0.3 is 5.97 Å². The zero-order chi connectivity index (χ0) is 19.5. The third-order valence-corrected chi connectivity index (χ3v) is 6.74. The van der Waals surface area contributed by atoms with Crippen LogP contribution in [0.1, 0.15) is 23.7 Å². The monoisotopic (exact) mass is 404 g/mol. The molecule has 9 nitrogen and oxygen atoms in total. The van der Waals surface area contributed by atoms with Crippen molar-refractivity contribution in [1.29, 1.82) is 0 Å². The van der Waals surface area contributed by atoms with Crippen molar-refractivity contribution in [3.05, 3.63) is 29.8 Å². The van der Waals surface area contributed by atoms with Gasteiger partial charge in [-0.25, -0.2) is 26.8 Å². The number of hydrogen-bond acceptors (Lipinski definition) is 7. The number of amides is 1. The molecule has 0 aliphatic carbocycles. The Morgan fingerprint density at radius 2 is 1.88 bits per heavy atom. The summed E-state index contributed by atoms with van der Waals surface area (Å²) in [5.74, 6) is -1.33. The van der Waals surface area contributed by atoms with Crippen LogP contribution in [0.3, 0.4) is 0 Å². The van der Waals surface area contributed by atoms with E-state index in [1.54, 1.807) is 6.92 Å². The van der Waals surface area contributed by atoms with Gasteiger partial charge < -0.3 is 9.64 Å². The number of nitrogens with two attached hydrogens (primary N) is 1. The molecule has 0 spiro atoms. The summed E-state index contributed by atoms with van der Waals surface area (Å²) in [5.41, 5.74) is 0.0664. The lowest BCUT2D eigenvalue weighted by atomic mass is 10.2. The van der Waals surface area contributed by atoms with Gasteiger partial charge in [-0.1, -0.05) is 0 Å². The zero-order valence-electron chi connectivity index (χ0n) is 14.1. The standard InChI is InChI=1S/C15H20N2O7S2/c1-2-17(12-7-8-25(20,21)10-12)14(18)9-24-15(19)11-3-5-13(6-4-11)26(16,22)23/h3-6,12H,2,7-10H2,1H3,(H2,16,22,23). The van der Waals surface area contributed by atoms with Gasteiger partial charge in [0.15, 0.2) is 16.4 Å². The smallest absolute Gasteiger partial charge is 0.338 e. The molecule has 1 aliphatic heterocycles. The Bertz CT molecular complexity index is 892. The summed E-state index contributed by atoms with van der Waals surface area (Å²) in [5, 5.41) is 4.97. The first-order valence-corrected chi connectivity index (χ1v) is 11.2. The number of likely N-dealkylation sites (N-methyl/N-ethyl adjacent to an activating group) is 1. The zero-order valence-corrected chi connectivity index (χ0v) is 15.8. The van der Waals surface area contributed by atoms with Crippen molar-refractivity contribution in [3.63, 3.8) is 0 Å². The molecule has 1 amide bonds. The van der Waals surface area contributed by atoms with Crippen molar-refractivity contribution in [2.45, 2.75) is 24.3 Å². The van der Waals surface area contributed by atoms with Gasteiger partial charge in [0.1, 0.15) is 0 Å². The summed E-state index contributed by atoms with van der Waals surface area (Å²) in [6, 6.07) is 4.37. The van der Waals surface area contributed by atoms with E-state index >= 15 is 0 Å². The van der Waals surface area contributed by atoms with E-state index in [0.29, 0.717) is 13.0 Å². The minimum absolute atomic E-state index is 0.0393. The van der Waals surface area contributed by atoms with Crippen LogP contribution in [0.15, 0.2) is 29.2 Å². The number of ether oxygens (including phenoxy) is 1. The third kappa shape index (κ3) is 5.02. The Hall–Kier alpha value is -1.98. The van der Waals surface area contributed by atoms with Crippen molar-refractivity contribution < 1.29 is 31.2 Å². The summed E-state index contributed by atoms with van der Waals surface area (Å²) >= 11 is 0. The summed E-state index contributed by atoms with van der Waals surface area (Å²) < 4.78 is 50.4. The highest BCUT2D eigenvalue weighted by atomic mass is 32.2. The van der Waals surface area contributed by atoms with E-state index in [0.717, 1.165) is 12.1 Å². The molecule has 11 heteroatoms. The largest absolute Gasteiger partial charge is 0.452 e. The Labute approximate surface area is 152 Å². The minimum atomic E-state index is -3.87. The van der Waals surface area contributed by atoms with Crippen molar-refractivity contribution >= 4 is 31.7 Å². The maximum Gasteiger partial charge on any atom is 0.338 e. The number of benzene rings is 1. The Balaban J connectivity index is 1.96. The topological polar surface area (TPSA) is 141 Å². The molecule has 0 bridgehead atoms. The van der Waals surface area contributed by atoms with E-state index in [-0.39, 0.29) is 22.0 Å². The third-order valence-electron chi connectivity index (χ3n) is 4.06. The maximum absolute atomic E-state index is 12.3. The van der Waals surface area contributed by atoms with Crippen LogP contribution in [-0.2, 0) is 29.4 Å². The highest BCUT2D eigenvalue weighted by Gasteiger charge is 2.34. The van der Waals surface area contributed by atoms with Crippen LogP contribution in [0.4, 0.5) is 0 Å². The van der Waals surface area contributed by atoms with E-state index in [2.05, 4.69) is 0 Å². The average molecular weight is 404 g/mol. The number of sulfone groups is 1. The van der Waals surface area contributed by atoms with Crippen LogP contribution in [-0.4, -0.2) is 64.3 Å². The number of carbonyl (C=O) groups is 2. The number of carbonyl (C=O) groups excluding carboxylic acids is 2. The number of hydrogen-bond donors (Lipinski definition) is 1. The molecule has 1 aromatic carbocycles. The maximum atomic E-state index is 12.3. The molecule has 144 valence electrons. The quantitative estimate of drug-likeness (QED) is 0.632. The lowest BCUT2D eigenvalue weighted by Gasteiger charge is -2.26. The highest BCUT2D eigenvalue weighted by Crippen LogP contribution is 2.18. The number of rotatable bonds is 6. The molecule has 1 saturated heterocycles. The van der Waals surface area contributed by atoms with Crippen LogP contribution in [0.5, 0.6) is 0 Å². The first kappa shape index (κ1) is 20.3. The van der Waals surface area contributed by atoms with Crippen LogP contribution in [0.25, 0.3) is 0 Å². The summed E-state index contributed by atoms with van der Waals surface area (Å²) in [6.07, 6.45) is 0.366. The lowest BCUT2D eigenvalue weighted by Crippen LogP contribution is -2.43. The molecule has 1 atom stereocenters. The van der Waals surface area contributed by atoms with Gasteiger partial charge in [0.2, 0.25) is 10.0 Å². The van der Waals surface area contributed by atoms with Gasteiger partial charge in [-0.3, -0.25) is 4.79 Å². The molecule has 26 heavy (non-hydrogen) atoms. The molecular weight excluding hydrogens is 384 g/mol. The van der Waals surface area contributed by atoms with E-state index < -0.39 is 44.4 Å². The highest BCUT2D eigenvalue weighted by molar-refractivity contribution is 7.91. The number of esters is 1. The first-order valence-electron chi connectivity index (χ1n) is 7.83. The van der Waals surface area contributed by atoms with Crippen molar-refractivity contribution in [1.82, 2.24) is 4.90 Å². The Morgan fingerprint density at radius 1 is 1.27 bits per heavy atom. The first-order chi connectivity index (χ1) is 12.0. The summed E-state index contributed by atoms with van der Waals surface area (Å²) in [6.45, 7) is 1.50. The van der Waals surface area contributed by atoms with Gasteiger partial charge in [-0.15, -0.1) is 0 Å². The Kier molecular flexibility index (Phi) is 6.04. The second-order valence-corrected chi connectivity index (χ2v) is 9.67. The van der Waals surface area contributed by atoms with Crippen molar-refractivity contribution in [2.24, 2.45) is 5.14 Å². The lowest BCUT2D eigenvalue weighted by molar-refractivity contribution is -0.136. The van der Waals surface area contributed by atoms with E-state index in [1.807, 2.05) is 0 Å². The van der Waals surface area contributed by atoms with Crippen molar-refractivity contribution in [2.75, 3.05) is 24.7 Å². The van der Waals surface area contributed by atoms with Crippen LogP contribution >= 0.6 is 0 Å². The van der Waals surface area contributed by atoms with Crippen LogP contribution in [0, 0.1) is 0 Å². The fraction of sp³-hybridized carbons (Fsp3) is 0.467. The van der Waals surface area contributed by atoms with Gasteiger partial charge in [-0.2, -0.15) is 0 Å². The molecule has 2 rings (SSSR count). The number of nitrogens with zero attached hydrogens (tertiary/aromatic N) is 1. The SMILES string of the molecule is CCN(C(=O)COC(=O)c1ccc(S(N)(=O)=O)cc1)C1CCS(=O)(=O)C1. The second-order valence-electron chi connectivity index (χ2n) is 5.88. The Morgan fingerprint density at radius 3 is 2.35 bits per heavy atom. The fourth-order valence-corrected chi connectivity index (χ4v) is 4.98. The van der Waals surface area contributed by atoms with Gasteiger partial charge in [0.25, 0.3) is 5.91 Å².